The lowest BCUT2D eigenvalue weighted by atomic mass is 10.1. The Balaban J connectivity index is 1.32. The van der Waals surface area contributed by atoms with Crippen LogP contribution in [0.15, 0.2) is 29.8 Å². The van der Waals surface area contributed by atoms with E-state index in [9.17, 15) is 4.79 Å². The summed E-state index contributed by atoms with van der Waals surface area (Å²) in [7, 11) is 0. The Morgan fingerprint density at radius 1 is 1.38 bits per heavy atom. The average molecular weight is 345 g/mol. The molecule has 2 aromatic rings. The van der Waals surface area contributed by atoms with Gasteiger partial charge in [-0.25, -0.2) is 4.98 Å². The molecule has 1 fully saturated rings. The lowest BCUT2D eigenvalue weighted by Gasteiger charge is -2.24. The Morgan fingerprint density at radius 3 is 3.17 bits per heavy atom. The molecule has 1 atom stereocenters. The van der Waals surface area contributed by atoms with Gasteiger partial charge in [-0.05, 0) is 30.5 Å². The number of fused-ring (bicyclic) bond motifs is 1. The van der Waals surface area contributed by atoms with Crippen molar-refractivity contribution in [3.8, 4) is 11.5 Å². The van der Waals surface area contributed by atoms with Gasteiger partial charge >= 0.3 is 0 Å². The molecule has 24 heavy (non-hydrogen) atoms. The van der Waals surface area contributed by atoms with Gasteiger partial charge in [0.25, 0.3) is 0 Å². The smallest absolute Gasteiger partial charge is 0.231 e. The summed E-state index contributed by atoms with van der Waals surface area (Å²) in [6.45, 7) is 1.92. The highest BCUT2D eigenvalue weighted by molar-refractivity contribution is 7.13. The number of carbonyl (C=O) groups is 1. The van der Waals surface area contributed by atoms with Crippen molar-refractivity contribution in [1.29, 1.82) is 0 Å². The molecular weight excluding hydrogens is 326 g/mol. The van der Waals surface area contributed by atoms with Gasteiger partial charge in [0.1, 0.15) is 0 Å². The summed E-state index contributed by atoms with van der Waals surface area (Å²) in [5, 5.41) is 6.09. The maximum atomic E-state index is 12.2. The molecule has 6 nitrogen and oxygen atoms in total. The minimum absolute atomic E-state index is 0.0276. The van der Waals surface area contributed by atoms with Crippen molar-refractivity contribution in [2.45, 2.75) is 25.3 Å². The van der Waals surface area contributed by atoms with E-state index in [0.717, 1.165) is 35.8 Å². The first-order valence-corrected chi connectivity index (χ1v) is 8.99. The zero-order chi connectivity index (χ0) is 16.4. The first kappa shape index (κ1) is 15.3. The second kappa shape index (κ2) is 6.68. The summed E-state index contributed by atoms with van der Waals surface area (Å²) >= 11 is 1.65. The van der Waals surface area contributed by atoms with Gasteiger partial charge in [0.05, 0.1) is 6.42 Å². The predicted molar refractivity (Wildman–Crippen MR) is 91.8 cm³/mol. The van der Waals surface area contributed by atoms with E-state index in [0.29, 0.717) is 24.8 Å². The van der Waals surface area contributed by atoms with Crippen molar-refractivity contribution in [1.82, 2.24) is 10.3 Å². The number of rotatable bonds is 5. The van der Waals surface area contributed by atoms with Crippen molar-refractivity contribution in [2.75, 3.05) is 24.8 Å². The quantitative estimate of drug-likeness (QED) is 0.900. The summed E-state index contributed by atoms with van der Waals surface area (Å²) < 4.78 is 10.6. The number of amides is 1. The Labute approximate surface area is 144 Å². The molecule has 1 saturated heterocycles. The van der Waals surface area contributed by atoms with E-state index in [2.05, 4.69) is 15.2 Å². The number of hydrogen-bond acceptors (Lipinski definition) is 6. The van der Waals surface area contributed by atoms with E-state index >= 15 is 0 Å². The SMILES string of the molecule is O=C(Cc1ccc2c(c1)OCO2)NCC1CCCN1c1nccs1. The highest BCUT2D eigenvalue weighted by Gasteiger charge is 2.26. The maximum Gasteiger partial charge on any atom is 0.231 e. The predicted octanol–water partition coefficient (Wildman–Crippen LogP) is 2.20. The van der Waals surface area contributed by atoms with E-state index < -0.39 is 0 Å². The van der Waals surface area contributed by atoms with Gasteiger partial charge in [-0.15, -0.1) is 11.3 Å². The topological polar surface area (TPSA) is 63.7 Å². The van der Waals surface area contributed by atoms with Gasteiger partial charge in [0, 0.05) is 30.7 Å². The third kappa shape index (κ3) is 3.17. The Bertz CT molecular complexity index is 720. The molecule has 1 unspecified atom stereocenters. The number of carbonyl (C=O) groups excluding carboxylic acids is 1. The van der Waals surface area contributed by atoms with Gasteiger partial charge in [0.15, 0.2) is 16.6 Å². The number of nitrogens with zero attached hydrogens (tertiary/aromatic N) is 2. The fourth-order valence-electron chi connectivity index (χ4n) is 3.19. The molecule has 3 heterocycles. The third-order valence-corrected chi connectivity index (χ3v) is 5.19. The van der Waals surface area contributed by atoms with Gasteiger partial charge in [-0.1, -0.05) is 6.07 Å². The fraction of sp³-hybridized carbons (Fsp3) is 0.412. The van der Waals surface area contributed by atoms with E-state index in [1.807, 2.05) is 29.8 Å². The van der Waals surface area contributed by atoms with Crippen LogP contribution in [0.3, 0.4) is 0 Å². The lowest BCUT2D eigenvalue weighted by molar-refractivity contribution is -0.120. The zero-order valence-corrected chi connectivity index (χ0v) is 14.1. The number of anilines is 1. The molecule has 1 amide bonds. The van der Waals surface area contributed by atoms with Crippen molar-refractivity contribution in [2.24, 2.45) is 0 Å². The van der Waals surface area contributed by atoms with Gasteiger partial charge in [-0.3, -0.25) is 4.79 Å². The normalized spacial score (nSPS) is 18.8. The second-order valence-corrected chi connectivity index (χ2v) is 6.85. The Kier molecular flexibility index (Phi) is 4.25. The molecule has 0 radical (unpaired) electrons. The van der Waals surface area contributed by atoms with Crippen LogP contribution in [0.4, 0.5) is 5.13 Å². The number of nitrogens with one attached hydrogen (secondary N) is 1. The Morgan fingerprint density at radius 2 is 2.29 bits per heavy atom. The highest BCUT2D eigenvalue weighted by Crippen LogP contribution is 2.32. The van der Waals surface area contributed by atoms with E-state index in [1.165, 1.54) is 0 Å². The van der Waals surface area contributed by atoms with Crippen molar-refractivity contribution in [3.63, 3.8) is 0 Å². The molecule has 126 valence electrons. The van der Waals surface area contributed by atoms with Crippen LogP contribution in [0.5, 0.6) is 11.5 Å². The number of ether oxygens (including phenoxy) is 2. The second-order valence-electron chi connectivity index (χ2n) is 5.97. The van der Waals surface area contributed by atoms with Crippen LogP contribution >= 0.6 is 11.3 Å². The minimum Gasteiger partial charge on any atom is -0.454 e. The van der Waals surface area contributed by atoms with Crippen LogP contribution < -0.4 is 19.7 Å². The molecule has 7 heteroatoms. The van der Waals surface area contributed by atoms with Crippen LogP contribution in [0, 0.1) is 0 Å². The monoisotopic (exact) mass is 345 g/mol. The maximum absolute atomic E-state index is 12.2. The number of hydrogen-bond donors (Lipinski definition) is 1. The van der Waals surface area contributed by atoms with Crippen LogP contribution in [0.1, 0.15) is 18.4 Å². The molecule has 4 rings (SSSR count). The molecule has 1 N–H and O–H groups in total. The van der Waals surface area contributed by atoms with Gasteiger partial charge in [0.2, 0.25) is 12.7 Å². The molecule has 2 aliphatic rings. The minimum atomic E-state index is 0.0276. The lowest BCUT2D eigenvalue weighted by Crippen LogP contribution is -2.40. The summed E-state index contributed by atoms with van der Waals surface area (Å²) in [4.78, 5) is 18.9. The van der Waals surface area contributed by atoms with E-state index in [1.54, 1.807) is 11.3 Å². The fourth-order valence-corrected chi connectivity index (χ4v) is 3.93. The van der Waals surface area contributed by atoms with Crippen molar-refractivity contribution in [3.05, 3.63) is 35.3 Å². The standard InChI is InChI=1S/C17H19N3O3S/c21-16(9-12-3-4-14-15(8-12)23-11-22-14)19-10-13-2-1-6-20(13)17-18-5-7-24-17/h3-5,7-8,13H,1-2,6,9-11H2,(H,19,21). The zero-order valence-electron chi connectivity index (χ0n) is 13.2. The van der Waals surface area contributed by atoms with Crippen molar-refractivity contribution < 1.29 is 14.3 Å². The van der Waals surface area contributed by atoms with E-state index in [4.69, 9.17) is 9.47 Å². The highest BCUT2D eigenvalue weighted by atomic mass is 32.1. The molecule has 0 bridgehead atoms. The third-order valence-electron chi connectivity index (χ3n) is 4.38. The molecule has 0 saturated carbocycles. The first-order chi connectivity index (χ1) is 11.8. The Hall–Kier alpha value is -2.28. The molecular formula is C17H19N3O3S. The summed E-state index contributed by atoms with van der Waals surface area (Å²) in [6.07, 6.45) is 4.40. The largest absolute Gasteiger partial charge is 0.454 e. The molecule has 1 aromatic heterocycles. The molecule has 0 aliphatic carbocycles. The van der Waals surface area contributed by atoms with E-state index in [-0.39, 0.29) is 12.7 Å². The average Bonchev–Trinajstić information content (AvgIpc) is 3.32. The summed E-state index contributed by atoms with van der Waals surface area (Å²) in [5.74, 6) is 1.48. The molecule has 2 aliphatic heterocycles. The summed E-state index contributed by atoms with van der Waals surface area (Å²) in [5.41, 5.74) is 0.931. The molecule has 0 spiro atoms. The number of benzene rings is 1. The first-order valence-electron chi connectivity index (χ1n) is 8.11. The van der Waals surface area contributed by atoms with Gasteiger partial charge in [-0.2, -0.15) is 0 Å². The number of thiazole rings is 1. The van der Waals surface area contributed by atoms with Crippen LogP contribution in [-0.4, -0.2) is 36.8 Å². The molecule has 1 aromatic carbocycles. The van der Waals surface area contributed by atoms with Crippen LogP contribution in [0.2, 0.25) is 0 Å². The van der Waals surface area contributed by atoms with Crippen LogP contribution in [-0.2, 0) is 11.2 Å². The number of aromatic nitrogens is 1. The van der Waals surface area contributed by atoms with Gasteiger partial charge < -0.3 is 19.7 Å². The summed E-state index contributed by atoms with van der Waals surface area (Å²) in [6, 6.07) is 5.97. The van der Waals surface area contributed by atoms with Crippen molar-refractivity contribution >= 4 is 22.4 Å². The van der Waals surface area contributed by atoms with Crippen LogP contribution in [0.25, 0.3) is 0 Å².